The van der Waals surface area contributed by atoms with E-state index in [1.54, 1.807) is 13.4 Å². The molecule has 1 unspecified atom stereocenters. The highest BCUT2D eigenvalue weighted by Gasteiger charge is 2.12. The van der Waals surface area contributed by atoms with Gasteiger partial charge in [0.25, 0.3) is 0 Å². The van der Waals surface area contributed by atoms with Gasteiger partial charge in [-0.2, -0.15) is 0 Å². The summed E-state index contributed by atoms with van der Waals surface area (Å²) in [5.41, 5.74) is 1.17. The summed E-state index contributed by atoms with van der Waals surface area (Å²) < 4.78 is 5.15. The summed E-state index contributed by atoms with van der Waals surface area (Å²) in [6.07, 6.45) is 4.73. The van der Waals surface area contributed by atoms with Crippen molar-refractivity contribution < 1.29 is 4.74 Å². The molecule has 1 rings (SSSR count). The minimum atomic E-state index is 0.231. The molecular weight excluding hydrogens is 240 g/mol. The molecule has 0 aliphatic carbocycles. The van der Waals surface area contributed by atoms with Crippen LogP contribution in [0.25, 0.3) is 0 Å². The lowest BCUT2D eigenvalue weighted by molar-refractivity contribution is 0.190. The molecule has 2 N–H and O–H groups in total. The molecule has 0 fully saturated rings. The Morgan fingerprint density at radius 3 is 2.58 bits per heavy atom. The van der Waals surface area contributed by atoms with E-state index in [-0.39, 0.29) is 6.04 Å². The van der Waals surface area contributed by atoms with E-state index >= 15 is 0 Å². The van der Waals surface area contributed by atoms with E-state index in [0.717, 1.165) is 37.4 Å². The van der Waals surface area contributed by atoms with Crippen molar-refractivity contribution in [1.82, 2.24) is 9.97 Å². The van der Waals surface area contributed by atoms with Crippen LogP contribution in [0, 0.1) is 0 Å². The van der Waals surface area contributed by atoms with Crippen molar-refractivity contribution in [3.63, 3.8) is 0 Å². The molecule has 1 atom stereocenters. The molecule has 1 aromatic rings. The number of anilines is 2. The maximum atomic E-state index is 5.15. The van der Waals surface area contributed by atoms with Crippen LogP contribution >= 0.6 is 0 Å². The van der Waals surface area contributed by atoms with Crippen LogP contribution in [0.3, 0.4) is 0 Å². The third-order valence-corrected chi connectivity index (χ3v) is 2.79. The number of hydrogen-bond acceptors (Lipinski definition) is 5. The van der Waals surface area contributed by atoms with E-state index < -0.39 is 0 Å². The van der Waals surface area contributed by atoms with Crippen LogP contribution in [0.2, 0.25) is 0 Å². The summed E-state index contributed by atoms with van der Waals surface area (Å²) in [5, 5.41) is 6.77. The van der Waals surface area contributed by atoms with E-state index in [9.17, 15) is 0 Å². The second-order valence-corrected chi connectivity index (χ2v) is 4.73. The highest BCUT2D eigenvalue weighted by molar-refractivity contribution is 5.57. The quantitative estimate of drug-likeness (QED) is 0.719. The zero-order valence-corrected chi connectivity index (χ0v) is 12.5. The first-order chi connectivity index (χ1) is 9.22. The molecule has 0 aromatic carbocycles. The molecule has 0 saturated heterocycles. The Labute approximate surface area is 116 Å². The molecular formula is C14H26N4O. The summed E-state index contributed by atoms with van der Waals surface area (Å²) in [5.74, 6) is 1.87. The largest absolute Gasteiger partial charge is 0.383 e. The Bertz CT molecular complexity index is 370. The molecule has 0 amide bonds. The highest BCUT2D eigenvalue weighted by Crippen LogP contribution is 2.22. The van der Waals surface area contributed by atoms with Crippen molar-refractivity contribution in [2.75, 3.05) is 30.9 Å². The Hall–Kier alpha value is -1.36. The zero-order chi connectivity index (χ0) is 14.1. The summed E-state index contributed by atoms with van der Waals surface area (Å²) in [6, 6.07) is 0.231. The molecule has 0 aliphatic heterocycles. The fourth-order valence-corrected chi connectivity index (χ4v) is 1.94. The van der Waals surface area contributed by atoms with Crippen LogP contribution in [-0.4, -0.2) is 36.3 Å². The topological polar surface area (TPSA) is 59.1 Å². The molecule has 0 radical (unpaired) electrons. The lowest BCUT2D eigenvalue weighted by Crippen LogP contribution is -2.23. The number of ether oxygens (including phenoxy) is 1. The summed E-state index contributed by atoms with van der Waals surface area (Å²) >= 11 is 0. The lowest BCUT2D eigenvalue weighted by Gasteiger charge is -2.18. The summed E-state index contributed by atoms with van der Waals surface area (Å²) in [7, 11) is 1.71. The molecule has 0 saturated carbocycles. The highest BCUT2D eigenvalue weighted by atomic mass is 16.5. The minimum absolute atomic E-state index is 0.231. The third-order valence-electron chi connectivity index (χ3n) is 2.79. The van der Waals surface area contributed by atoms with E-state index in [0.29, 0.717) is 6.61 Å². The molecule has 0 aliphatic rings. The fraction of sp³-hybridized carbons (Fsp3) is 0.714. The molecule has 0 bridgehead atoms. The Balaban J connectivity index is 2.88. The van der Waals surface area contributed by atoms with E-state index in [1.165, 1.54) is 5.56 Å². The van der Waals surface area contributed by atoms with Gasteiger partial charge in [-0.3, -0.25) is 0 Å². The standard InChI is InChI=1S/C14H26N4O/c1-5-7-12-13(15-8-6-2)16-10-17-14(12)18-11(3)9-19-4/h10-11H,5-9H2,1-4H3,(H2,15,16,17,18). The van der Waals surface area contributed by atoms with Gasteiger partial charge in [0.1, 0.15) is 18.0 Å². The first kappa shape index (κ1) is 15.7. The van der Waals surface area contributed by atoms with Crippen molar-refractivity contribution in [2.45, 2.75) is 46.1 Å². The van der Waals surface area contributed by atoms with Crippen molar-refractivity contribution in [3.8, 4) is 0 Å². The number of hydrogen-bond donors (Lipinski definition) is 2. The molecule has 108 valence electrons. The van der Waals surface area contributed by atoms with Crippen molar-refractivity contribution in [1.29, 1.82) is 0 Å². The predicted octanol–water partition coefficient (Wildman–Crippen LogP) is 2.70. The summed E-state index contributed by atoms with van der Waals surface area (Å²) in [4.78, 5) is 8.73. The molecule has 5 heteroatoms. The predicted molar refractivity (Wildman–Crippen MR) is 79.8 cm³/mol. The minimum Gasteiger partial charge on any atom is -0.383 e. The van der Waals surface area contributed by atoms with Gasteiger partial charge in [-0.05, 0) is 19.8 Å². The van der Waals surface area contributed by atoms with E-state index in [2.05, 4.69) is 41.4 Å². The molecule has 19 heavy (non-hydrogen) atoms. The number of aromatic nitrogens is 2. The van der Waals surface area contributed by atoms with Crippen LogP contribution in [0.15, 0.2) is 6.33 Å². The maximum absolute atomic E-state index is 5.15. The molecule has 1 aromatic heterocycles. The van der Waals surface area contributed by atoms with Crippen LogP contribution < -0.4 is 10.6 Å². The average molecular weight is 266 g/mol. The lowest BCUT2D eigenvalue weighted by atomic mass is 10.1. The van der Waals surface area contributed by atoms with Gasteiger partial charge in [-0.25, -0.2) is 9.97 Å². The first-order valence-electron chi connectivity index (χ1n) is 7.06. The van der Waals surface area contributed by atoms with Crippen molar-refractivity contribution in [3.05, 3.63) is 11.9 Å². The average Bonchev–Trinajstić information content (AvgIpc) is 2.39. The van der Waals surface area contributed by atoms with Crippen LogP contribution in [-0.2, 0) is 11.2 Å². The normalized spacial score (nSPS) is 12.2. The second kappa shape index (κ2) is 8.69. The molecule has 0 spiro atoms. The molecule has 1 heterocycles. The second-order valence-electron chi connectivity index (χ2n) is 4.73. The monoisotopic (exact) mass is 266 g/mol. The third kappa shape index (κ3) is 5.03. The zero-order valence-electron chi connectivity index (χ0n) is 12.5. The number of nitrogens with zero attached hydrogens (tertiary/aromatic N) is 2. The number of nitrogens with one attached hydrogen (secondary N) is 2. The van der Waals surface area contributed by atoms with Gasteiger partial charge in [0.2, 0.25) is 0 Å². The van der Waals surface area contributed by atoms with E-state index in [1.807, 2.05) is 0 Å². The van der Waals surface area contributed by atoms with Gasteiger partial charge < -0.3 is 15.4 Å². The van der Waals surface area contributed by atoms with E-state index in [4.69, 9.17) is 4.74 Å². The molecule has 5 nitrogen and oxygen atoms in total. The van der Waals surface area contributed by atoms with Gasteiger partial charge >= 0.3 is 0 Å². The van der Waals surface area contributed by atoms with Crippen LogP contribution in [0.1, 0.15) is 39.2 Å². The first-order valence-corrected chi connectivity index (χ1v) is 7.06. The van der Waals surface area contributed by atoms with Gasteiger partial charge in [0.05, 0.1) is 6.61 Å². The fourth-order valence-electron chi connectivity index (χ4n) is 1.94. The Morgan fingerprint density at radius 2 is 1.95 bits per heavy atom. The van der Waals surface area contributed by atoms with Crippen molar-refractivity contribution in [2.24, 2.45) is 0 Å². The van der Waals surface area contributed by atoms with Crippen LogP contribution in [0.5, 0.6) is 0 Å². The van der Waals surface area contributed by atoms with Gasteiger partial charge in [0, 0.05) is 25.3 Å². The smallest absolute Gasteiger partial charge is 0.135 e. The van der Waals surface area contributed by atoms with Gasteiger partial charge in [-0.15, -0.1) is 0 Å². The van der Waals surface area contributed by atoms with Crippen LogP contribution in [0.4, 0.5) is 11.6 Å². The Morgan fingerprint density at radius 1 is 1.21 bits per heavy atom. The number of methoxy groups -OCH3 is 1. The van der Waals surface area contributed by atoms with Crippen molar-refractivity contribution >= 4 is 11.6 Å². The summed E-state index contributed by atoms with van der Waals surface area (Å²) in [6.45, 7) is 7.99. The van der Waals surface area contributed by atoms with Gasteiger partial charge in [-0.1, -0.05) is 20.3 Å². The Kier molecular flexibility index (Phi) is 7.18. The number of rotatable bonds is 9. The van der Waals surface area contributed by atoms with Gasteiger partial charge in [0.15, 0.2) is 0 Å². The SMILES string of the molecule is CCCNc1ncnc(NC(C)COC)c1CCC. The maximum Gasteiger partial charge on any atom is 0.135 e.